The second-order valence-corrected chi connectivity index (χ2v) is 4.89. The lowest BCUT2D eigenvalue weighted by Crippen LogP contribution is -2.41. The number of rotatable bonds is 1. The van der Waals surface area contributed by atoms with Crippen LogP contribution in [0.4, 0.5) is 8.78 Å². The van der Waals surface area contributed by atoms with Crippen molar-refractivity contribution in [2.45, 2.75) is 17.8 Å². The minimum absolute atomic E-state index is 0.000483. The van der Waals surface area contributed by atoms with Gasteiger partial charge in [-0.1, -0.05) is 0 Å². The SMILES string of the molecule is [O-][n+]1c(Cl)cccc1C12CCOCC1C2(F)F. The van der Waals surface area contributed by atoms with E-state index in [4.69, 9.17) is 16.3 Å². The van der Waals surface area contributed by atoms with Gasteiger partial charge in [-0.3, -0.25) is 0 Å². The number of alkyl halides is 2. The molecular formula is C11H10ClF2NO2. The number of hydrogen-bond donors (Lipinski definition) is 0. The fraction of sp³-hybridized carbons (Fsp3) is 0.545. The van der Waals surface area contributed by atoms with Gasteiger partial charge in [0.15, 0.2) is 0 Å². The molecule has 6 heteroatoms. The van der Waals surface area contributed by atoms with Crippen molar-refractivity contribution in [3.05, 3.63) is 34.3 Å². The average Bonchev–Trinajstić information content (AvgIpc) is 2.82. The Balaban J connectivity index is 2.12. The third-order valence-corrected chi connectivity index (χ3v) is 4.11. The molecule has 2 heterocycles. The Labute approximate surface area is 102 Å². The number of aromatic nitrogens is 1. The first-order valence-corrected chi connectivity index (χ1v) is 5.74. The lowest BCUT2D eigenvalue weighted by molar-refractivity contribution is -0.615. The third-order valence-electron chi connectivity index (χ3n) is 3.83. The summed E-state index contributed by atoms with van der Waals surface area (Å²) in [6, 6.07) is 4.35. The van der Waals surface area contributed by atoms with Gasteiger partial charge in [0.2, 0.25) is 5.69 Å². The maximum atomic E-state index is 13.9. The molecule has 1 saturated carbocycles. The fourth-order valence-corrected chi connectivity index (χ4v) is 2.99. The number of halogens is 3. The van der Waals surface area contributed by atoms with Crippen molar-refractivity contribution in [3.8, 4) is 0 Å². The van der Waals surface area contributed by atoms with E-state index in [1.807, 2.05) is 0 Å². The van der Waals surface area contributed by atoms with E-state index in [1.165, 1.54) is 18.2 Å². The van der Waals surface area contributed by atoms with Crippen molar-refractivity contribution < 1.29 is 18.2 Å². The van der Waals surface area contributed by atoms with Crippen LogP contribution in [0.1, 0.15) is 12.1 Å². The predicted octanol–water partition coefficient (Wildman–Crippen LogP) is 1.90. The summed E-state index contributed by atoms with van der Waals surface area (Å²) in [6.07, 6.45) is 0.160. The summed E-state index contributed by atoms with van der Waals surface area (Å²) < 4.78 is 33.2. The highest BCUT2D eigenvalue weighted by Gasteiger charge is 2.85. The molecule has 2 fully saturated rings. The maximum absolute atomic E-state index is 13.9. The summed E-state index contributed by atoms with van der Waals surface area (Å²) in [5.74, 6) is -3.78. The van der Waals surface area contributed by atoms with Gasteiger partial charge in [0.1, 0.15) is 5.41 Å². The van der Waals surface area contributed by atoms with E-state index in [1.54, 1.807) is 0 Å². The monoisotopic (exact) mass is 261 g/mol. The van der Waals surface area contributed by atoms with E-state index in [9.17, 15) is 14.0 Å². The molecule has 1 aromatic rings. The van der Waals surface area contributed by atoms with Crippen LogP contribution < -0.4 is 4.73 Å². The molecule has 0 aromatic carbocycles. The molecule has 0 amide bonds. The van der Waals surface area contributed by atoms with Crippen molar-refractivity contribution in [1.82, 2.24) is 0 Å². The molecule has 1 aromatic heterocycles. The van der Waals surface area contributed by atoms with Gasteiger partial charge in [-0.2, -0.15) is 4.73 Å². The molecule has 2 unspecified atom stereocenters. The number of ether oxygens (including phenoxy) is 1. The van der Waals surface area contributed by atoms with Gasteiger partial charge < -0.3 is 9.94 Å². The molecule has 2 aliphatic rings. The summed E-state index contributed by atoms with van der Waals surface area (Å²) in [5, 5.41) is 11.7. The van der Waals surface area contributed by atoms with Gasteiger partial charge in [-0.15, -0.1) is 0 Å². The lowest BCUT2D eigenvalue weighted by Gasteiger charge is -2.19. The Bertz CT molecular complexity index is 483. The quantitative estimate of drug-likeness (QED) is 0.440. The van der Waals surface area contributed by atoms with Crippen molar-refractivity contribution in [3.63, 3.8) is 0 Å². The molecule has 1 aliphatic heterocycles. The Kier molecular flexibility index (Phi) is 2.16. The number of nitrogens with zero attached hydrogens (tertiary/aromatic N) is 1. The van der Waals surface area contributed by atoms with Crippen molar-refractivity contribution >= 4 is 11.6 Å². The fourth-order valence-electron chi connectivity index (χ4n) is 2.83. The molecule has 92 valence electrons. The summed E-state index contributed by atoms with van der Waals surface area (Å²) in [7, 11) is 0. The van der Waals surface area contributed by atoms with Gasteiger partial charge in [0.05, 0.1) is 12.5 Å². The van der Waals surface area contributed by atoms with E-state index in [2.05, 4.69) is 0 Å². The molecule has 17 heavy (non-hydrogen) atoms. The van der Waals surface area contributed by atoms with Crippen molar-refractivity contribution in [2.24, 2.45) is 5.92 Å². The summed E-state index contributed by atoms with van der Waals surface area (Å²) in [4.78, 5) is 0. The number of fused-ring (bicyclic) bond motifs is 1. The van der Waals surface area contributed by atoms with E-state index in [0.717, 1.165) is 0 Å². The highest BCUT2D eigenvalue weighted by Crippen LogP contribution is 2.69. The van der Waals surface area contributed by atoms with Crippen LogP contribution in [0.15, 0.2) is 18.2 Å². The van der Waals surface area contributed by atoms with Crippen LogP contribution >= 0.6 is 11.6 Å². The minimum Gasteiger partial charge on any atom is -0.617 e. The highest BCUT2D eigenvalue weighted by molar-refractivity contribution is 6.28. The van der Waals surface area contributed by atoms with Crippen molar-refractivity contribution in [1.29, 1.82) is 0 Å². The molecule has 0 spiro atoms. The van der Waals surface area contributed by atoms with Crippen LogP contribution in [0.2, 0.25) is 5.15 Å². The Morgan fingerprint density at radius 1 is 1.47 bits per heavy atom. The van der Waals surface area contributed by atoms with Crippen LogP contribution in [0.25, 0.3) is 0 Å². The molecule has 1 aliphatic carbocycles. The normalized spacial score (nSPS) is 34.2. The molecule has 2 atom stereocenters. The summed E-state index contributed by atoms with van der Waals surface area (Å²) in [5.41, 5.74) is -1.32. The van der Waals surface area contributed by atoms with Gasteiger partial charge in [-0.05, 0) is 24.1 Å². The van der Waals surface area contributed by atoms with Crippen LogP contribution in [0.3, 0.4) is 0 Å². The van der Waals surface area contributed by atoms with Crippen molar-refractivity contribution in [2.75, 3.05) is 13.2 Å². The number of hydrogen-bond acceptors (Lipinski definition) is 2. The van der Waals surface area contributed by atoms with Gasteiger partial charge in [-0.25, -0.2) is 8.78 Å². The topological polar surface area (TPSA) is 36.2 Å². The van der Waals surface area contributed by atoms with E-state index < -0.39 is 17.3 Å². The van der Waals surface area contributed by atoms with E-state index in [-0.39, 0.29) is 30.5 Å². The molecule has 1 saturated heterocycles. The van der Waals surface area contributed by atoms with Gasteiger partial charge in [0.25, 0.3) is 11.1 Å². The largest absolute Gasteiger partial charge is 0.617 e. The third kappa shape index (κ3) is 1.21. The van der Waals surface area contributed by atoms with Crippen LogP contribution in [0, 0.1) is 11.1 Å². The molecule has 0 radical (unpaired) electrons. The Hall–Kier alpha value is -0.940. The van der Waals surface area contributed by atoms with Crippen LogP contribution in [0.5, 0.6) is 0 Å². The molecule has 0 N–H and O–H groups in total. The Morgan fingerprint density at radius 3 is 2.94 bits per heavy atom. The summed E-state index contributed by atoms with van der Waals surface area (Å²) >= 11 is 5.68. The zero-order chi connectivity index (χ0) is 12.3. The standard InChI is InChI=1S/C11H10ClF2NO2/c12-9-3-1-2-8(15(9)16)10-4-5-17-6-7(10)11(10,13)14/h1-3,7H,4-6H2. The molecule has 0 bridgehead atoms. The average molecular weight is 262 g/mol. The minimum atomic E-state index is -2.87. The maximum Gasteiger partial charge on any atom is 0.286 e. The zero-order valence-electron chi connectivity index (χ0n) is 8.83. The van der Waals surface area contributed by atoms with Gasteiger partial charge in [0, 0.05) is 18.7 Å². The summed E-state index contributed by atoms with van der Waals surface area (Å²) in [6.45, 7) is 0.248. The molecule has 3 nitrogen and oxygen atoms in total. The lowest BCUT2D eigenvalue weighted by atomic mass is 9.93. The predicted molar refractivity (Wildman–Crippen MR) is 56.0 cm³/mol. The first-order chi connectivity index (χ1) is 8.02. The van der Waals surface area contributed by atoms with E-state index in [0.29, 0.717) is 4.73 Å². The first kappa shape index (κ1) is 11.2. The van der Waals surface area contributed by atoms with Gasteiger partial charge >= 0.3 is 0 Å². The number of pyridine rings is 1. The second-order valence-electron chi connectivity index (χ2n) is 4.50. The Morgan fingerprint density at radius 2 is 2.24 bits per heavy atom. The van der Waals surface area contributed by atoms with E-state index >= 15 is 0 Å². The first-order valence-electron chi connectivity index (χ1n) is 5.36. The molecule has 3 rings (SSSR count). The smallest absolute Gasteiger partial charge is 0.286 e. The second kappa shape index (κ2) is 3.29. The molecular weight excluding hydrogens is 252 g/mol. The highest BCUT2D eigenvalue weighted by atomic mass is 35.5. The van der Waals surface area contributed by atoms with Crippen LogP contribution in [-0.4, -0.2) is 19.1 Å². The van der Waals surface area contributed by atoms with Crippen LogP contribution in [-0.2, 0) is 10.2 Å². The zero-order valence-corrected chi connectivity index (χ0v) is 9.58.